The third-order valence-electron chi connectivity index (χ3n) is 3.48. The second-order valence-corrected chi connectivity index (χ2v) is 7.29. The topological polar surface area (TPSA) is 69.6 Å². The minimum atomic E-state index is -3.20. The molecule has 2 saturated heterocycles. The molecule has 5 nitrogen and oxygen atoms in total. The van der Waals surface area contributed by atoms with Crippen LogP contribution in [0.3, 0.4) is 0 Å². The lowest BCUT2D eigenvalue weighted by atomic mass is 10.1. The lowest BCUT2D eigenvalue weighted by Gasteiger charge is -2.27. The predicted molar refractivity (Wildman–Crippen MR) is 61.6 cm³/mol. The fourth-order valence-electron chi connectivity index (χ4n) is 2.42. The Morgan fingerprint density at radius 3 is 2.50 bits per heavy atom. The van der Waals surface area contributed by atoms with Gasteiger partial charge in [0.25, 0.3) is 0 Å². The van der Waals surface area contributed by atoms with Crippen molar-refractivity contribution in [3.63, 3.8) is 0 Å². The van der Waals surface area contributed by atoms with Crippen molar-refractivity contribution in [2.45, 2.75) is 37.0 Å². The van der Waals surface area contributed by atoms with Gasteiger partial charge >= 0.3 is 0 Å². The summed E-state index contributed by atoms with van der Waals surface area (Å²) in [5, 5.41) is 12.7. The van der Waals surface area contributed by atoms with Gasteiger partial charge in [-0.3, -0.25) is 0 Å². The van der Waals surface area contributed by atoms with Crippen LogP contribution in [0.5, 0.6) is 0 Å². The molecule has 0 bridgehead atoms. The molecular formula is C10H20N2O3S. The Hall–Kier alpha value is -0.170. The van der Waals surface area contributed by atoms with E-state index in [0.29, 0.717) is 25.8 Å². The third kappa shape index (κ3) is 2.40. The summed E-state index contributed by atoms with van der Waals surface area (Å²) < 4.78 is 26.0. The fourth-order valence-corrected chi connectivity index (χ4v) is 4.48. The molecule has 2 fully saturated rings. The Morgan fingerprint density at radius 2 is 2.00 bits per heavy atom. The standard InChI is InChI=1S/C10H20N2O3S/c1-10(13)4-7-12(8-10)16(14,15)9-2-5-11-6-3-9/h9,11,13H,2-8H2,1H3. The van der Waals surface area contributed by atoms with E-state index in [1.54, 1.807) is 6.92 Å². The SMILES string of the molecule is CC1(O)CCN(S(=O)(=O)C2CCNCC2)C1. The van der Waals surface area contributed by atoms with Crippen molar-refractivity contribution in [3.8, 4) is 0 Å². The Morgan fingerprint density at radius 1 is 1.38 bits per heavy atom. The quantitative estimate of drug-likeness (QED) is 0.693. The van der Waals surface area contributed by atoms with E-state index in [0.717, 1.165) is 13.1 Å². The van der Waals surface area contributed by atoms with Crippen LogP contribution in [0.2, 0.25) is 0 Å². The van der Waals surface area contributed by atoms with Crippen LogP contribution in [0.25, 0.3) is 0 Å². The molecule has 2 aliphatic rings. The van der Waals surface area contributed by atoms with Gasteiger partial charge in [-0.25, -0.2) is 8.42 Å². The number of hydrogen-bond acceptors (Lipinski definition) is 4. The van der Waals surface area contributed by atoms with Gasteiger partial charge in [-0.05, 0) is 39.3 Å². The van der Waals surface area contributed by atoms with Crippen LogP contribution in [-0.4, -0.2) is 54.9 Å². The van der Waals surface area contributed by atoms with Crippen LogP contribution in [0.15, 0.2) is 0 Å². The van der Waals surface area contributed by atoms with Gasteiger partial charge in [0.05, 0.1) is 10.9 Å². The van der Waals surface area contributed by atoms with Gasteiger partial charge in [-0.2, -0.15) is 4.31 Å². The van der Waals surface area contributed by atoms with Crippen molar-refractivity contribution in [1.29, 1.82) is 0 Å². The molecule has 0 aliphatic carbocycles. The summed E-state index contributed by atoms with van der Waals surface area (Å²) in [6.45, 7) is 3.95. The third-order valence-corrected chi connectivity index (χ3v) is 5.83. The number of sulfonamides is 1. The first kappa shape index (κ1) is 12.3. The van der Waals surface area contributed by atoms with Crippen LogP contribution in [0, 0.1) is 0 Å². The van der Waals surface area contributed by atoms with Crippen LogP contribution in [0.1, 0.15) is 26.2 Å². The molecule has 0 aromatic carbocycles. The maximum atomic E-state index is 12.3. The Bertz CT molecular complexity index is 347. The van der Waals surface area contributed by atoms with E-state index >= 15 is 0 Å². The summed E-state index contributed by atoms with van der Waals surface area (Å²) in [6.07, 6.45) is 1.90. The number of nitrogens with one attached hydrogen (secondary N) is 1. The Labute approximate surface area is 96.9 Å². The molecule has 2 rings (SSSR count). The number of nitrogens with zero attached hydrogens (tertiary/aromatic N) is 1. The van der Waals surface area contributed by atoms with Crippen molar-refractivity contribution in [2.24, 2.45) is 0 Å². The van der Waals surface area contributed by atoms with E-state index in [-0.39, 0.29) is 11.8 Å². The van der Waals surface area contributed by atoms with E-state index in [1.165, 1.54) is 4.31 Å². The van der Waals surface area contributed by atoms with Crippen LogP contribution in [-0.2, 0) is 10.0 Å². The highest BCUT2D eigenvalue weighted by Gasteiger charge is 2.41. The molecule has 0 aromatic rings. The zero-order valence-corrected chi connectivity index (χ0v) is 10.5. The molecular weight excluding hydrogens is 228 g/mol. The first-order valence-electron chi connectivity index (χ1n) is 5.84. The first-order valence-corrected chi connectivity index (χ1v) is 7.34. The van der Waals surface area contributed by atoms with Gasteiger partial charge < -0.3 is 10.4 Å². The summed E-state index contributed by atoms with van der Waals surface area (Å²) in [4.78, 5) is 0. The lowest BCUT2D eigenvalue weighted by Crippen LogP contribution is -2.44. The molecule has 0 aromatic heterocycles. The van der Waals surface area contributed by atoms with Gasteiger partial charge in [0.2, 0.25) is 10.0 Å². The Balaban J connectivity index is 2.07. The number of piperidine rings is 1. The fraction of sp³-hybridized carbons (Fsp3) is 1.00. The monoisotopic (exact) mass is 248 g/mol. The minimum absolute atomic E-state index is 0.249. The molecule has 94 valence electrons. The molecule has 0 radical (unpaired) electrons. The summed E-state index contributed by atoms with van der Waals surface area (Å²) >= 11 is 0. The van der Waals surface area contributed by atoms with Crippen LogP contribution < -0.4 is 5.32 Å². The molecule has 16 heavy (non-hydrogen) atoms. The van der Waals surface area contributed by atoms with Crippen molar-refractivity contribution in [2.75, 3.05) is 26.2 Å². The normalized spacial score (nSPS) is 34.4. The van der Waals surface area contributed by atoms with Gasteiger partial charge in [0.1, 0.15) is 0 Å². The second kappa shape index (κ2) is 4.25. The van der Waals surface area contributed by atoms with Crippen LogP contribution in [0.4, 0.5) is 0 Å². The molecule has 6 heteroatoms. The molecule has 2 aliphatic heterocycles. The molecule has 0 spiro atoms. The van der Waals surface area contributed by atoms with Crippen molar-refractivity contribution >= 4 is 10.0 Å². The summed E-state index contributed by atoms with van der Waals surface area (Å²) in [7, 11) is -3.20. The summed E-state index contributed by atoms with van der Waals surface area (Å²) in [5.74, 6) is 0. The van der Waals surface area contributed by atoms with Crippen molar-refractivity contribution in [3.05, 3.63) is 0 Å². The minimum Gasteiger partial charge on any atom is -0.389 e. The average molecular weight is 248 g/mol. The number of rotatable bonds is 2. The Kier molecular flexibility index (Phi) is 3.27. The zero-order chi connectivity index (χ0) is 11.8. The summed E-state index contributed by atoms with van der Waals surface area (Å²) in [5.41, 5.74) is -0.847. The van der Waals surface area contributed by atoms with E-state index in [1.807, 2.05) is 0 Å². The molecule has 0 amide bonds. The van der Waals surface area contributed by atoms with Gasteiger partial charge in [0.15, 0.2) is 0 Å². The smallest absolute Gasteiger partial charge is 0.217 e. The van der Waals surface area contributed by atoms with Crippen molar-refractivity contribution < 1.29 is 13.5 Å². The highest BCUT2D eigenvalue weighted by atomic mass is 32.2. The highest BCUT2D eigenvalue weighted by Crippen LogP contribution is 2.27. The molecule has 2 heterocycles. The first-order chi connectivity index (χ1) is 7.42. The molecule has 1 unspecified atom stereocenters. The lowest BCUT2D eigenvalue weighted by molar-refractivity contribution is 0.0761. The number of aliphatic hydroxyl groups is 1. The van der Waals surface area contributed by atoms with Crippen LogP contribution >= 0.6 is 0 Å². The predicted octanol–water partition coefficient (Wildman–Crippen LogP) is -0.475. The van der Waals surface area contributed by atoms with Gasteiger partial charge in [-0.15, -0.1) is 0 Å². The van der Waals surface area contributed by atoms with E-state index in [9.17, 15) is 13.5 Å². The van der Waals surface area contributed by atoms with E-state index in [4.69, 9.17) is 0 Å². The summed E-state index contributed by atoms with van der Waals surface area (Å²) in [6, 6.07) is 0. The van der Waals surface area contributed by atoms with E-state index in [2.05, 4.69) is 5.32 Å². The highest BCUT2D eigenvalue weighted by molar-refractivity contribution is 7.89. The van der Waals surface area contributed by atoms with Gasteiger partial charge in [0, 0.05) is 13.1 Å². The maximum absolute atomic E-state index is 12.3. The average Bonchev–Trinajstić information content (AvgIpc) is 2.61. The number of hydrogen-bond donors (Lipinski definition) is 2. The van der Waals surface area contributed by atoms with E-state index < -0.39 is 15.6 Å². The number of β-amino-alcohol motifs (C(OH)–C–C–N with tert-alkyl or cyclic N) is 1. The van der Waals surface area contributed by atoms with Gasteiger partial charge in [-0.1, -0.05) is 0 Å². The van der Waals surface area contributed by atoms with Crippen molar-refractivity contribution in [1.82, 2.24) is 9.62 Å². The maximum Gasteiger partial charge on any atom is 0.217 e. The molecule has 0 saturated carbocycles. The molecule has 2 N–H and O–H groups in total. The zero-order valence-electron chi connectivity index (χ0n) is 9.65. The largest absolute Gasteiger partial charge is 0.389 e. The molecule has 1 atom stereocenters. The second-order valence-electron chi connectivity index (χ2n) is 5.07.